The number of furan rings is 1. The predicted octanol–water partition coefficient (Wildman–Crippen LogP) is 4.11. The molecule has 172 valence electrons. The lowest BCUT2D eigenvalue weighted by molar-refractivity contribution is -0.385. The summed E-state index contributed by atoms with van der Waals surface area (Å²) in [5.41, 5.74) is 6.27. The van der Waals surface area contributed by atoms with E-state index in [4.69, 9.17) is 26.1 Å². The van der Waals surface area contributed by atoms with E-state index in [-0.39, 0.29) is 23.2 Å². The third-order valence-corrected chi connectivity index (χ3v) is 4.55. The van der Waals surface area contributed by atoms with E-state index in [0.29, 0.717) is 23.7 Å². The number of nitro benzene ring substituents is 1. The summed E-state index contributed by atoms with van der Waals surface area (Å²) in [5, 5.41) is 14.0. The third-order valence-electron chi connectivity index (χ3n) is 4.34. The largest absolute Gasteiger partial charge is 0.494 e. The summed E-state index contributed by atoms with van der Waals surface area (Å²) in [6, 6.07) is 14.7. The van der Waals surface area contributed by atoms with E-state index in [0.717, 1.165) is 11.4 Å². The second-order valence-corrected chi connectivity index (χ2v) is 7.16. The Bertz CT molecular complexity index is 1150. The van der Waals surface area contributed by atoms with Gasteiger partial charge in [0.2, 0.25) is 0 Å². The second-order valence-electron chi connectivity index (χ2n) is 6.75. The molecular formula is C22H22N4O6S. The Kier molecular flexibility index (Phi) is 7.82. The van der Waals surface area contributed by atoms with Crippen LogP contribution in [-0.4, -0.2) is 22.5 Å². The number of aryl methyl sites for hydroxylation is 1. The maximum atomic E-state index is 12.3. The molecule has 2 aromatic carbocycles. The molecule has 0 saturated carbocycles. The van der Waals surface area contributed by atoms with Crippen molar-refractivity contribution in [1.29, 1.82) is 0 Å². The number of hydrazine groups is 1. The molecule has 0 fully saturated rings. The number of anilines is 1. The Balaban J connectivity index is 1.46. The van der Waals surface area contributed by atoms with Gasteiger partial charge in [0.25, 0.3) is 5.69 Å². The number of nitro groups is 1. The first kappa shape index (κ1) is 23.5. The van der Waals surface area contributed by atoms with Gasteiger partial charge in [-0.05, 0) is 74.6 Å². The van der Waals surface area contributed by atoms with Crippen molar-refractivity contribution in [3.05, 3.63) is 81.8 Å². The average molecular weight is 471 g/mol. The zero-order valence-corrected chi connectivity index (χ0v) is 18.7. The van der Waals surface area contributed by atoms with Crippen LogP contribution < -0.4 is 25.6 Å². The highest BCUT2D eigenvalue weighted by Crippen LogP contribution is 2.24. The normalized spacial score (nSPS) is 10.2. The molecule has 3 N–H and O–H groups in total. The van der Waals surface area contributed by atoms with Crippen molar-refractivity contribution in [3.63, 3.8) is 0 Å². The van der Waals surface area contributed by atoms with Crippen LogP contribution in [0.4, 0.5) is 11.4 Å². The highest BCUT2D eigenvalue weighted by atomic mass is 32.1. The van der Waals surface area contributed by atoms with Crippen LogP contribution >= 0.6 is 12.2 Å². The van der Waals surface area contributed by atoms with Crippen LogP contribution in [0.1, 0.15) is 28.8 Å². The topological polar surface area (TPSA) is 128 Å². The molecule has 10 nitrogen and oxygen atoms in total. The number of nitrogens with one attached hydrogen (secondary N) is 3. The lowest BCUT2D eigenvalue weighted by Gasteiger charge is -2.11. The molecule has 0 aliphatic rings. The Morgan fingerprint density at radius 2 is 1.79 bits per heavy atom. The van der Waals surface area contributed by atoms with E-state index in [1.165, 1.54) is 18.2 Å². The van der Waals surface area contributed by atoms with Gasteiger partial charge in [-0.25, -0.2) is 0 Å². The fraction of sp³-hybridized carbons (Fsp3) is 0.182. The number of amides is 1. The smallest absolute Gasteiger partial charge is 0.305 e. The number of rotatable bonds is 8. The molecule has 0 spiro atoms. The van der Waals surface area contributed by atoms with Crippen LogP contribution in [0.3, 0.4) is 0 Å². The van der Waals surface area contributed by atoms with Crippen molar-refractivity contribution in [2.24, 2.45) is 0 Å². The third kappa shape index (κ3) is 6.68. The summed E-state index contributed by atoms with van der Waals surface area (Å²) in [5.74, 6) is 1.14. The Morgan fingerprint density at radius 3 is 2.45 bits per heavy atom. The molecule has 3 aromatic rings. The zero-order chi connectivity index (χ0) is 23.8. The molecule has 1 amide bonds. The number of carbonyl (C=O) groups is 1. The van der Waals surface area contributed by atoms with E-state index < -0.39 is 10.8 Å². The summed E-state index contributed by atoms with van der Waals surface area (Å²) in [6.45, 7) is 4.16. The van der Waals surface area contributed by atoms with Gasteiger partial charge in [0.05, 0.1) is 11.5 Å². The number of carbonyl (C=O) groups excluding carboxylic acids is 1. The Hall–Kier alpha value is -4.12. The van der Waals surface area contributed by atoms with Crippen LogP contribution in [0.15, 0.2) is 59.0 Å². The van der Waals surface area contributed by atoms with Gasteiger partial charge in [-0.3, -0.25) is 25.8 Å². The van der Waals surface area contributed by atoms with Gasteiger partial charge in [0.1, 0.15) is 23.9 Å². The van der Waals surface area contributed by atoms with Crippen molar-refractivity contribution in [2.45, 2.75) is 20.5 Å². The maximum Gasteiger partial charge on any atom is 0.305 e. The minimum atomic E-state index is -0.525. The van der Waals surface area contributed by atoms with Crippen LogP contribution in [0, 0.1) is 17.0 Å². The fourth-order valence-corrected chi connectivity index (χ4v) is 2.96. The highest BCUT2D eigenvalue weighted by molar-refractivity contribution is 7.80. The highest BCUT2D eigenvalue weighted by Gasteiger charge is 2.13. The van der Waals surface area contributed by atoms with Crippen LogP contribution in [0.5, 0.6) is 11.5 Å². The minimum Gasteiger partial charge on any atom is -0.494 e. The fourth-order valence-electron chi connectivity index (χ4n) is 2.79. The van der Waals surface area contributed by atoms with Gasteiger partial charge in [-0.1, -0.05) is 0 Å². The molecular weight excluding hydrogens is 448 g/mol. The van der Waals surface area contributed by atoms with E-state index >= 15 is 0 Å². The summed E-state index contributed by atoms with van der Waals surface area (Å²) < 4.78 is 16.4. The molecule has 1 heterocycles. The number of thiocarbonyl (C=S) groups is 1. The molecule has 0 bridgehead atoms. The molecule has 33 heavy (non-hydrogen) atoms. The summed E-state index contributed by atoms with van der Waals surface area (Å²) >= 11 is 5.16. The first-order valence-corrected chi connectivity index (χ1v) is 10.3. The zero-order valence-electron chi connectivity index (χ0n) is 17.9. The Morgan fingerprint density at radius 1 is 1.06 bits per heavy atom. The van der Waals surface area contributed by atoms with Crippen molar-refractivity contribution in [3.8, 4) is 11.5 Å². The summed E-state index contributed by atoms with van der Waals surface area (Å²) in [6.07, 6.45) is 0. The first-order valence-electron chi connectivity index (χ1n) is 9.92. The van der Waals surface area contributed by atoms with Crippen molar-refractivity contribution in [1.82, 2.24) is 10.9 Å². The molecule has 0 atom stereocenters. The van der Waals surface area contributed by atoms with Crippen molar-refractivity contribution < 1.29 is 23.6 Å². The van der Waals surface area contributed by atoms with Gasteiger partial charge < -0.3 is 19.2 Å². The number of nitrogens with zero attached hydrogens (tertiary/aromatic N) is 1. The summed E-state index contributed by atoms with van der Waals surface area (Å²) in [7, 11) is 0. The Labute approximate surface area is 195 Å². The maximum absolute atomic E-state index is 12.3. The first-order chi connectivity index (χ1) is 15.9. The van der Waals surface area contributed by atoms with Crippen LogP contribution in [0.25, 0.3) is 0 Å². The molecule has 1 aromatic heterocycles. The predicted molar refractivity (Wildman–Crippen MR) is 125 cm³/mol. The van der Waals surface area contributed by atoms with Crippen molar-refractivity contribution >= 4 is 34.6 Å². The van der Waals surface area contributed by atoms with Gasteiger partial charge in [0.15, 0.2) is 10.9 Å². The molecule has 0 saturated heterocycles. The van der Waals surface area contributed by atoms with Gasteiger partial charge in [-0.15, -0.1) is 0 Å². The van der Waals surface area contributed by atoms with E-state index in [2.05, 4.69) is 16.2 Å². The lowest BCUT2D eigenvalue weighted by Crippen LogP contribution is -2.43. The van der Waals surface area contributed by atoms with Gasteiger partial charge >= 0.3 is 5.91 Å². The lowest BCUT2D eigenvalue weighted by atomic mass is 10.2. The molecule has 0 unspecified atom stereocenters. The molecule has 3 rings (SSSR count). The second kappa shape index (κ2) is 11.0. The number of benzene rings is 2. The SMILES string of the molecule is CCOc1ccc(NC(=S)NNC(=O)c2ccc(COc3ccc([N+](=O)[O-])c(C)c3)o2)cc1. The van der Waals surface area contributed by atoms with Crippen LogP contribution in [-0.2, 0) is 6.61 Å². The monoisotopic (exact) mass is 470 g/mol. The standard InChI is InChI=1S/C22H22N4O6S/c1-3-30-16-6-4-15(5-7-16)23-22(33)25-24-21(27)20-11-9-18(32-20)13-31-17-8-10-19(26(28)29)14(2)12-17/h4-12H,3,13H2,1-2H3,(H,24,27)(H2,23,25,33). The van der Waals surface area contributed by atoms with E-state index in [1.54, 1.807) is 43.3 Å². The number of hydrogen-bond donors (Lipinski definition) is 3. The molecule has 11 heteroatoms. The minimum absolute atomic E-state index is 0.0155. The van der Waals surface area contributed by atoms with E-state index in [1.807, 2.05) is 6.92 Å². The van der Waals surface area contributed by atoms with Gasteiger partial charge in [0, 0.05) is 17.3 Å². The summed E-state index contributed by atoms with van der Waals surface area (Å²) in [4.78, 5) is 22.7. The molecule has 0 aliphatic heterocycles. The average Bonchev–Trinajstić information content (AvgIpc) is 3.26. The van der Waals surface area contributed by atoms with Crippen molar-refractivity contribution in [2.75, 3.05) is 11.9 Å². The van der Waals surface area contributed by atoms with E-state index in [9.17, 15) is 14.9 Å². The quantitative estimate of drug-likeness (QED) is 0.253. The van der Waals surface area contributed by atoms with Crippen LogP contribution in [0.2, 0.25) is 0 Å². The number of hydrogen-bond acceptors (Lipinski definition) is 7. The number of ether oxygens (including phenoxy) is 2. The molecule has 0 radical (unpaired) electrons. The van der Waals surface area contributed by atoms with Gasteiger partial charge in [-0.2, -0.15) is 0 Å². The molecule has 0 aliphatic carbocycles.